The van der Waals surface area contributed by atoms with E-state index in [0.29, 0.717) is 11.8 Å². The molecule has 0 unspecified atom stereocenters. The maximum atomic E-state index is 12.5. The van der Waals surface area contributed by atoms with E-state index in [2.05, 4.69) is 12.2 Å². The molecule has 1 N–H and O–H groups in total. The molecule has 0 atom stereocenters. The normalized spacial score (nSPS) is 19.1. The van der Waals surface area contributed by atoms with Crippen LogP contribution in [0.4, 0.5) is 0 Å². The predicted octanol–water partition coefficient (Wildman–Crippen LogP) is 3.18. The van der Waals surface area contributed by atoms with Gasteiger partial charge in [0, 0.05) is 25.6 Å². The molecule has 1 amide bonds. The molecule has 0 aromatic carbocycles. The number of aryl methyl sites for hydroxylation is 2. The topological polar surface area (TPSA) is 45.5 Å². The number of carbonyl (C=O) groups excluding carboxylic acids is 1. The lowest BCUT2D eigenvalue weighted by Crippen LogP contribution is -2.45. The molecule has 2 heterocycles. The molecule has 22 heavy (non-hydrogen) atoms. The van der Waals surface area contributed by atoms with Gasteiger partial charge in [-0.15, -0.1) is 12.4 Å². The maximum absolute atomic E-state index is 12.5. The third-order valence-electron chi connectivity index (χ3n) is 4.73. The summed E-state index contributed by atoms with van der Waals surface area (Å²) in [5, 5.41) is 3.64. The zero-order chi connectivity index (χ0) is 14.8. The lowest BCUT2D eigenvalue weighted by molar-refractivity contribution is 0.0671. The van der Waals surface area contributed by atoms with Gasteiger partial charge in [-0.05, 0) is 56.7 Å². The predicted molar refractivity (Wildman–Crippen MR) is 89.7 cm³/mol. The highest BCUT2D eigenvalue weighted by molar-refractivity contribution is 5.91. The Hall–Kier alpha value is -1.00. The number of hydrogen-bond acceptors (Lipinski definition) is 3. The van der Waals surface area contributed by atoms with Gasteiger partial charge < -0.3 is 14.6 Å². The Morgan fingerprint density at radius 1 is 1.32 bits per heavy atom. The van der Waals surface area contributed by atoms with Crippen molar-refractivity contribution in [1.82, 2.24) is 10.2 Å². The number of furan rings is 1. The monoisotopic (exact) mass is 326 g/mol. The molecule has 1 aromatic heterocycles. The second-order valence-electron chi connectivity index (χ2n) is 6.49. The van der Waals surface area contributed by atoms with Gasteiger partial charge in [-0.25, -0.2) is 0 Å². The fourth-order valence-electron chi connectivity index (χ4n) is 3.07. The summed E-state index contributed by atoms with van der Waals surface area (Å²) < 4.78 is 5.69. The van der Waals surface area contributed by atoms with Crippen LogP contribution in [0.15, 0.2) is 10.5 Å². The smallest absolute Gasteiger partial charge is 0.289 e. The molecule has 1 saturated heterocycles. The highest BCUT2D eigenvalue weighted by atomic mass is 35.5. The van der Waals surface area contributed by atoms with Crippen LogP contribution in [0.1, 0.15) is 54.5 Å². The van der Waals surface area contributed by atoms with Crippen molar-refractivity contribution in [1.29, 1.82) is 0 Å². The van der Waals surface area contributed by atoms with Crippen molar-refractivity contribution in [3.63, 3.8) is 0 Å². The number of rotatable bonds is 5. The van der Waals surface area contributed by atoms with E-state index >= 15 is 0 Å². The van der Waals surface area contributed by atoms with Crippen molar-refractivity contribution in [2.75, 3.05) is 19.6 Å². The highest BCUT2D eigenvalue weighted by Crippen LogP contribution is 2.28. The van der Waals surface area contributed by atoms with Crippen LogP contribution in [-0.2, 0) is 6.42 Å². The standard InChI is InChI=1S/C17H26N2O2.ClH/c1-3-15-12(2)10-16(21-15)17(20)19-8-6-14(7-9-19)18-11-13-4-5-13;/h10,13-14,18H,3-9,11H2,1-2H3;1H. The van der Waals surface area contributed by atoms with Crippen LogP contribution in [0.3, 0.4) is 0 Å². The van der Waals surface area contributed by atoms with E-state index in [9.17, 15) is 4.79 Å². The molecular weight excluding hydrogens is 300 g/mol. The van der Waals surface area contributed by atoms with Crippen LogP contribution in [0.2, 0.25) is 0 Å². The van der Waals surface area contributed by atoms with Crippen LogP contribution in [0.5, 0.6) is 0 Å². The minimum Gasteiger partial charge on any atom is -0.456 e. The van der Waals surface area contributed by atoms with Gasteiger partial charge in [0.15, 0.2) is 5.76 Å². The molecule has 2 fully saturated rings. The number of carbonyl (C=O) groups is 1. The highest BCUT2D eigenvalue weighted by Gasteiger charge is 2.27. The fraction of sp³-hybridized carbons (Fsp3) is 0.706. The van der Waals surface area contributed by atoms with Crippen molar-refractivity contribution in [3.05, 3.63) is 23.2 Å². The summed E-state index contributed by atoms with van der Waals surface area (Å²) in [6.07, 6.45) is 5.73. The summed E-state index contributed by atoms with van der Waals surface area (Å²) in [5.41, 5.74) is 1.09. The summed E-state index contributed by atoms with van der Waals surface area (Å²) in [6, 6.07) is 2.47. The number of nitrogens with zero attached hydrogens (tertiary/aromatic N) is 1. The first kappa shape index (κ1) is 17.4. The summed E-state index contributed by atoms with van der Waals surface area (Å²) in [5.74, 6) is 2.41. The molecular formula is C17H27ClN2O2. The van der Waals surface area contributed by atoms with Crippen LogP contribution in [0, 0.1) is 12.8 Å². The molecule has 3 rings (SSSR count). The molecule has 1 aliphatic carbocycles. The molecule has 4 nitrogen and oxygen atoms in total. The van der Waals surface area contributed by atoms with Crippen LogP contribution in [-0.4, -0.2) is 36.5 Å². The van der Waals surface area contributed by atoms with Gasteiger partial charge in [0.05, 0.1) is 0 Å². The number of halogens is 1. The second-order valence-corrected chi connectivity index (χ2v) is 6.49. The fourth-order valence-corrected chi connectivity index (χ4v) is 3.07. The van der Waals surface area contributed by atoms with Crippen LogP contribution < -0.4 is 5.32 Å². The summed E-state index contributed by atoms with van der Waals surface area (Å²) in [7, 11) is 0. The minimum atomic E-state index is 0. The van der Waals surface area contributed by atoms with Gasteiger partial charge in [0.2, 0.25) is 0 Å². The zero-order valence-electron chi connectivity index (χ0n) is 13.6. The largest absolute Gasteiger partial charge is 0.456 e. The second kappa shape index (κ2) is 7.51. The van der Waals surface area contributed by atoms with Gasteiger partial charge in [-0.3, -0.25) is 4.79 Å². The number of hydrogen-bond donors (Lipinski definition) is 1. The number of amides is 1. The molecule has 5 heteroatoms. The van der Waals surface area contributed by atoms with E-state index < -0.39 is 0 Å². The average molecular weight is 327 g/mol. The average Bonchev–Trinajstić information content (AvgIpc) is 3.26. The van der Waals surface area contributed by atoms with Gasteiger partial charge in [0.1, 0.15) is 5.76 Å². The first-order valence-corrected chi connectivity index (χ1v) is 8.29. The summed E-state index contributed by atoms with van der Waals surface area (Å²) >= 11 is 0. The Balaban J connectivity index is 0.00000176. The van der Waals surface area contributed by atoms with Crippen LogP contribution >= 0.6 is 12.4 Å². The number of likely N-dealkylation sites (tertiary alicyclic amines) is 1. The quantitative estimate of drug-likeness (QED) is 0.904. The molecule has 1 aliphatic heterocycles. The molecule has 2 aliphatic rings. The van der Waals surface area contributed by atoms with Crippen molar-refractivity contribution in [3.8, 4) is 0 Å². The van der Waals surface area contributed by atoms with Crippen molar-refractivity contribution in [2.45, 2.75) is 52.0 Å². The third-order valence-corrected chi connectivity index (χ3v) is 4.73. The summed E-state index contributed by atoms with van der Waals surface area (Å²) in [6.45, 7) is 6.89. The van der Waals surface area contributed by atoms with E-state index in [0.717, 1.165) is 56.1 Å². The van der Waals surface area contributed by atoms with E-state index in [1.54, 1.807) is 0 Å². The SMILES string of the molecule is CCc1oc(C(=O)N2CCC(NCC3CC3)CC2)cc1C.Cl. The Kier molecular flexibility index (Phi) is 5.93. The van der Waals surface area contributed by atoms with Crippen molar-refractivity contribution in [2.24, 2.45) is 5.92 Å². The Labute approximate surface area is 139 Å². The minimum absolute atomic E-state index is 0. The van der Waals surface area contributed by atoms with Crippen molar-refractivity contribution >= 4 is 18.3 Å². The molecule has 0 spiro atoms. The Morgan fingerprint density at radius 3 is 2.55 bits per heavy atom. The third kappa shape index (κ3) is 4.05. The van der Waals surface area contributed by atoms with Gasteiger partial charge in [-0.1, -0.05) is 6.92 Å². The lowest BCUT2D eigenvalue weighted by atomic mass is 10.0. The molecule has 1 aromatic rings. The molecule has 1 saturated carbocycles. The molecule has 124 valence electrons. The summed E-state index contributed by atoms with van der Waals surface area (Å²) in [4.78, 5) is 14.4. The van der Waals surface area contributed by atoms with Crippen LogP contribution in [0.25, 0.3) is 0 Å². The van der Waals surface area contributed by atoms with Crippen molar-refractivity contribution < 1.29 is 9.21 Å². The molecule has 0 bridgehead atoms. The van der Waals surface area contributed by atoms with Gasteiger partial charge in [0.25, 0.3) is 5.91 Å². The zero-order valence-corrected chi connectivity index (χ0v) is 14.4. The van der Waals surface area contributed by atoms with Gasteiger partial charge >= 0.3 is 0 Å². The van der Waals surface area contributed by atoms with Gasteiger partial charge in [-0.2, -0.15) is 0 Å². The molecule has 0 radical (unpaired) electrons. The maximum Gasteiger partial charge on any atom is 0.289 e. The Morgan fingerprint density at radius 2 is 2.00 bits per heavy atom. The number of nitrogens with one attached hydrogen (secondary N) is 1. The first-order valence-electron chi connectivity index (χ1n) is 8.29. The number of piperidine rings is 1. The van der Waals surface area contributed by atoms with E-state index in [1.165, 1.54) is 12.8 Å². The lowest BCUT2D eigenvalue weighted by Gasteiger charge is -2.32. The van der Waals surface area contributed by atoms with E-state index in [1.807, 2.05) is 17.9 Å². The first-order chi connectivity index (χ1) is 10.2. The Bertz CT molecular complexity index is 503. The van der Waals surface area contributed by atoms with E-state index in [-0.39, 0.29) is 18.3 Å². The van der Waals surface area contributed by atoms with E-state index in [4.69, 9.17) is 4.42 Å².